The molecule has 0 bridgehead atoms. The topological polar surface area (TPSA) is 81.2 Å². The van der Waals surface area contributed by atoms with Crippen molar-refractivity contribution in [1.82, 2.24) is 10.5 Å². The number of fused-ring (bicyclic) bond motifs is 1. The molecule has 0 aliphatic rings. The lowest BCUT2D eigenvalue weighted by molar-refractivity contribution is -0.120. The molecule has 2 rings (SSSR count). The maximum Gasteiger partial charge on any atom is 0.226 e. The van der Waals surface area contributed by atoms with Crippen molar-refractivity contribution in [2.75, 3.05) is 13.1 Å². The fourth-order valence-corrected chi connectivity index (χ4v) is 2.44. The van der Waals surface area contributed by atoms with Crippen molar-refractivity contribution in [3.05, 3.63) is 29.0 Å². The van der Waals surface area contributed by atoms with E-state index in [0.29, 0.717) is 12.2 Å². The number of nitrogens with zero attached hydrogens (tertiary/aromatic N) is 1. The highest BCUT2D eigenvalue weighted by atomic mass is 16.5. The number of hydrogen-bond acceptors (Lipinski definition) is 4. The molecule has 0 saturated carbocycles. The van der Waals surface area contributed by atoms with E-state index in [-0.39, 0.29) is 12.3 Å². The smallest absolute Gasteiger partial charge is 0.226 e. The third-order valence-electron chi connectivity index (χ3n) is 3.94. The number of nitrogens with two attached hydrogens (primary N) is 1. The van der Waals surface area contributed by atoms with Crippen LogP contribution in [0.2, 0.25) is 0 Å². The Balaban J connectivity index is 1.85. The van der Waals surface area contributed by atoms with Crippen LogP contribution < -0.4 is 11.1 Å². The van der Waals surface area contributed by atoms with Crippen molar-refractivity contribution >= 4 is 16.9 Å². The van der Waals surface area contributed by atoms with E-state index in [0.717, 1.165) is 48.8 Å². The van der Waals surface area contributed by atoms with E-state index in [4.69, 9.17) is 10.3 Å². The molecule has 1 aromatic carbocycles. The summed E-state index contributed by atoms with van der Waals surface area (Å²) in [6.45, 7) is 5.53. The summed E-state index contributed by atoms with van der Waals surface area (Å²) >= 11 is 0. The van der Waals surface area contributed by atoms with Crippen LogP contribution >= 0.6 is 0 Å². The summed E-state index contributed by atoms with van der Waals surface area (Å²) in [5, 5.41) is 7.90. The summed E-state index contributed by atoms with van der Waals surface area (Å²) in [5.41, 5.74) is 9.24. The fourth-order valence-electron chi connectivity index (χ4n) is 2.44. The van der Waals surface area contributed by atoms with Gasteiger partial charge in [0.2, 0.25) is 5.91 Å². The van der Waals surface area contributed by atoms with Gasteiger partial charge >= 0.3 is 0 Å². The first-order valence-electron chi connectivity index (χ1n) is 7.94. The molecule has 0 spiro atoms. The molecule has 2 aromatic rings. The number of aryl methyl sites for hydroxylation is 2. The molecule has 1 heterocycles. The van der Waals surface area contributed by atoms with Crippen LogP contribution in [0.1, 0.15) is 42.5 Å². The first-order valence-corrected chi connectivity index (χ1v) is 7.94. The minimum absolute atomic E-state index is 0.00717. The highest BCUT2D eigenvalue weighted by molar-refractivity contribution is 5.87. The number of carbonyl (C=O) groups excluding carboxylic acids is 1. The van der Waals surface area contributed by atoms with Crippen LogP contribution in [-0.4, -0.2) is 24.2 Å². The van der Waals surface area contributed by atoms with Gasteiger partial charge in [0.15, 0.2) is 5.58 Å². The monoisotopic (exact) mass is 303 g/mol. The van der Waals surface area contributed by atoms with Crippen LogP contribution in [0.15, 0.2) is 16.7 Å². The molecule has 0 aliphatic carbocycles. The number of carbonyl (C=O) groups is 1. The molecule has 0 aliphatic heterocycles. The number of rotatable bonds is 8. The van der Waals surface area contributed by atoms with E-state index < -0.39 is 0 Å². The Labute approximate surface area is 131 Å². The summed E-state index contributed by atoms with van der Waals surface area (Å²) in [6, 6.07) is 4.01. The SMILES string of the molecule is Cc1cc2onc(CC(=O)NCCCCCCN)c2cc1C. The van der Waals surface area contributed by atoms with Crippen molar-refractivity contribution in [3.8, 4) is 0 Å². The molecule has 1 amide bonds. The van der Waals surface area contributed by atoms with E-state index in [1.54, 1.807) is 0 Å². The highest BCUT2D eigenvalue weighted by Crippen LogP contribution is 2.22. The van der Waals surface area contributed by atoms with E-state index >= 15 is 0 Å². The summed E-state index contributed by atoms with van der Waals surface area (Å²) in [6.07, 6.45) is 4.53. The standard InChI is InChI=1S/C17H25N3O2/c1-12-9-14-15(20-22-16(14)10-13(12)2)11-17(21)19-8-6-4-3-5-7-18/h9-10H,3-8,11,18H2,1-2H3,(H,19,21). The van der Waals surface area contributed by atoms with E-state index in [1.165, 1.54) is 5.56 Å². The summed E-state index contributed by atoms with van der Waals surface area (Å²) in [7, 11) is 0. The van der Waals surface area contributed by atoms with E-state index in [1.807, 2.05) is 26.0 Å². The van der Waals surface area contributed by atoms with Gasteiger partial charge in [-0.05, 0) is 56.5 Å². The Hall–Kier alpha value is -1.88. The second-order valence-corrected chi connectivity index (χ2v) is 5.79. The Kier molecular flexibility index (Phi) is 5.95. The molecule has 5 heteroatoms. The van der Waals surface area contributed by atoms with Crippen molar-refractivity contribution in [2.24, 2.45) is 5.73 Å². The zero-order valence-electron chi connectivity index (χ0n) is 13.4. The third kappa shape index (κ3) is 4.31. The average Bonchev–Trinajstić information content (AvgIpc) is 2.85. The van der Waals surface area contributed by atoms with Crippen molar-refractivity contribution in [2.45, 2.75) is 46.0 Å². The summed E-state index contributed by atoms with van der Waals surface area (Å²) in [4.78, 5) is 12.0. The summed E-state index contributed by atoms with van der Waals surface area (Å²) < 4.78 is 5.31. The van der Waals surface area contributed by atoms with Crippen LogP contribution in [0.4, 0.5) is 0 Å². The highest BCUT2D eigenvalue weighted by Gasteiger charge is 2.13. The molecule has 3 N–H and O–H groups in total. The molecule has 0 radical (unpaired) electrons. The molecular weight excluding hydrogens is 278 g/mol. The lowest BCUT2D eigenvalue weighted by Crippen LogP contribution is -2.26. The molecule has 0 fully saturated rings. The van der Waals surface area contributed by atoms with E-state index in [9.17, 15) is 4.79 Å². The second kappa shape index (κ2) is 7.94. The Bertz CT molecular complexity index is 634. The fraction of sp³-hybridized carbons (Fsp3) is 0.529. The van der Waals surface area contributed by atoms with Crippen LogP contribution in [0.5, 0.6) is 0 Å². The quantitative estimate of drug-likeness (QED) is 0.735. The average molecular weight is 303 g/mol. The Morgan fingerprint density at radius 3 is 2.68 bits per heavy atom. The van der Waals surface area contributed by atoms with Gasteiger partial charge in [0.05, 0.1) is 6.42 Å². The van der Waals surface area contributed by atoms with Gasteiger partial charge in [-0.3, -0.25) is 4.79 Å². The van der Waals surface area contributed by atoms with Crippen LogP contribution in [0, 0.1) is 13.8 Å². The van der Waals surface area contributed by atoms with E-state index in [2.05, 4.69) is 10.5 Å². The van der Waals surface area contributed by atoms with Crippen molar-refractivity contribution < 1.29 is 9.32 Å². The number of unbranched alkanes of at least 4 members (excludes halogenated alkanes) is 3. The first-order chi connectivity index (χ1) is 10.6. The van der Waals surface area contributed by atoms with Gasteiger partial charge in [-0.25, -0.2) is 0 Å². The predicted octanol–water partition coefficient (Wildman–Crippen LogP) is 2.62. The summed E-state index contributed by atoms with van der Waals surface area (Å²) in [5.74, 6) is -0.00717. The second-order valence-electron chi connectivity index (χ2n) is 5.79. The molecule has 1 aromatic heterocycles. The number of aromatic nitrogens is 1. The largest absolute Gasteiger partial charge is 0.356 e. The van der Waals surface area contributed by atoms with Gasteiger partial charge in [-0.2, -0.15) is 0 Å². The molecule has 22 heavy (non-hydrogen) atoms. The number of nitrogens with one attached hydrogen (secondary N) is 1. The number of benzene rings is 1. The maximum absolute atomic E-state index is 12.0. The van der Waals surface area contributed by atoms with Gasteiger partial charge in [0.1, 0.15) is 5.69 Å². The minimum Gasteiger partial charge on any atom is -0.356 e. The Morgan fingerprint density at radius 2 is 1.91 bits per heavy atom. The number of amides is 1. The lowest BCUT2D eigenvalue weighted by atomic mass is 10.1. The normalized spacial score (nSPS) is 11.0. The lowest BCUT2D eigenvalue weighted by Gasteiger charge is -2.04. The van der Waals surface area contributed by atoms with Crippen LogP contribution in [0.3, 0.4) is 0 Å². The third-order valence-corrected chi connectivity index (χ3v) is 3.94. The predicted molar refractivity (Wildman–Crippen MR) is 87.7 cm³/mol. The zero-order chi connectivity index (χ0) is 15.9. The van der Waals surface area contributed by atoms with Crippen molar-refractivity contribution in [3.63, 3.8) is 0 Å². The van der Waals surface area contributed by atoms with Crippen LogP contribution in [0.25, 0.3) is 11.0 Å². The van der Waals surface area contributed by atoms with Gasteiger partial charge < -0.3 is 15.6 Å². The number of hydrogen-bond donors (Lipinski definition) is 2. The Morgan fingerprint density at radius 1 is 1.18 bits per heavy atom. The zero-order valence-corrected chi connectivity index (χ0v) is 13.4. The van der Waals surface area contributed by atoms with Gasteiger partial charge in [-0.15, -0.1) is 0 Å². The van der Waals surface area contributed by atoms with Crippen molar-refractivity contribution in [1.29, 1.82) is 0 Å². The van der Waals surface area contributed by atoms with Gasteiger partial charge in [0.25, 0.3) is 0 Å². The molecule has 5 nitrogen and oxygen atoms in total. The molecule has 0 saturated heterocycles. The molecule has 0 unspecified atom stereocenters. The molecule has 0 atom stereocenters. The van der Waals surface area contributed by atoms with Crippen LogP contribution in [-0.2, 0) is 11.2 Å². The minimum atomic E-state index is -0.00717. The maximum atomic E-state index is 12.0. The van der Waals surface area contributed by atoms with Gasteiger partial charge in [0, 0.05) is 11.9 Å². The molecular formula is C17H25N3O2. The molecule has 120 valence electrons. The van der Waals surface area contributed by atoms with Gasteiger partial charge in [-0.1, -0.05) is 18.0 Å². The first kappa shape index (κ1) is 16.5.